The van der Waals surface area contributed by atoms with E-state index in [9.17, 15) is 9.59 Å². The van der Waals surface area contributed by atoms with E-state index in [1.165, 1.54) is 7.11 Å². The van der Waals surface area contributed by atoms with Crippen molar-refractivity contribution in [3.63, 3.8) is 0 Å². The molecule has 0 unspecified atom stereocenters. The van der Waals surface area contributed by atoms with E-state index in [2.05, 4.69) is 10.6 Å². The summed E-state index contributed by atoms with van der Waals surface area (Å²) in [4.78, 5) is 25.7. The number of ether oxygens (including phenoxy) is 1. The first-order valence-electron chi connectivity index (χ1n) is 7.49. The summed E-state index contributed by atoms with van der Waals surface area (Å²) < 4.78 is 4.73. The van der Waals surface area contributed by atoms with Gasteiger partial charge in [-0.3, -0.25) is 4.79 Å². The lowest BCUT2D eigenvalue weighted by atomic mass is 10.2. The minimum absolute atomic E-state index is 0.0451. The third kappa shape index (κ3) is 4.49. The number of nitrogens with zero attached hydrogens (tertiary/aromatic N) is 1. The van der Waals surface area contributed by atoms with Gasteiger partial charge in [0.05, 0.1) is 19.2 Å². The van der Waals surface area contributed by atoms with E-state index < -0.39 is 5.97 Å². The summed E-state index contributed by atoms with van der Waals surface area (Å²) in [6, 6.07) is 14.4. The van der Waals surface area contributed by atoms with Gasteiger partial charge in [0.2, 0.25) is 5.91 Å². The summed E-state index contributed by atoms with van der Waals surface area (Å²) in [6.45, 7) is 0.0451. The molecule has 6 heteroatoms. The van der Waals surface area contributed by atoms with E-state index in [1.807, 2.05) is 43.3 Å². The maximum Gasteiger partial charge on any atom is 0.339 e. The SMILES string of the molecule is COC(=O)c1ccccc1NCC(=O)Nc1ccc(N(C)C)cc1. The van der Waals surface area contributed by atoms with Crippen molar-refractivity contribution in [3.05, 3.63) is 54.1 Å². The fourth-order valence-corrected chi connectivity index (χ4v) is 2.15. The zero-order chi connectivity index (χ0) is 17.5. The Hall–Kier alpha value is -3.02. The number of benzene rings is 2. The van der Waals surface area contributed by atoms with Crippen molar-refractivity contribution >= 4 is 28.9 Å². The smallest absolute Gasteiger partial charge is 0.339 e. The van der Waals surface area contributed by atoms with Crippen molar-refractivity contribution < 1.29 is 14.3 Å². The van der Waals surface area contributed by atoms with Crippen LogP contribution in [0.2, 0.25) is 0 Å². The van der Waals surface area contributed by atoms with E-state index in [4.69, 9.17) is 4.74 Å². The normalized spacial score (nSPS) is 9.96. The molecule has 6 nitrogen and oxygen atoms in total. The van der Waals surface area contributed by atoms with Crippen LogP contribution >= 0.6 is 0 Å². The first-order valence-corrected chi connectivity index (χ1v) is 7.49. The summed E-state index contributed by atoms with van der Waals surface area (Å²) in [7, 11) is 5.23. The Bertz CT molecular complexity index is 712. The molecule has 0 aliphatic heterocycles. The number of anilines is 3. The van der Waals surface area contributed by atoms with E-state index in [1.54, 1.807) is 24.3 Å². The molecule has 2 N–H and O–H groups in total. The van der Waals surface area contributed by atoms with Gasteiger partial charge in [-0.1, -0.05) is 12.1 Å². The lowest BCUT2D eigenvalue weighted by Crippen LogP contribution is -2.22. The number of methoxy groups -OCH3 is 1. The Morgan fingerprint density at radius 1 is 1.04 bits per heavy atom. The van der Waals surface area contributed by atoms with Crippen molar-refractivity contribution in [1.29, 1.82) is 0 Å². The third-order valence-corrected chi connectivity index (χ3v) is 3.44. The predicted molar refractivity (Wildman–Crippen MR) is 95.7 cm³/mol. The van der Waals surface area contributed by atoms with Crippen molar-refractivity contribution in [3.8, 4) is 0 Å². The maximum atomic E-state index is 12.1. The average molecular weight is 327 g/mol. The minimum Gasteiger partial charge on any atom is -0.465 e. The van der Waals surface area contributed by atoms with Crippen LogP contribution in [0, 0.1) is 0 Å². The summed E-state index contributed by atoms with van der Waals surface area (Å²) in [5, 5.41) is 5.76. The van der Waals surface area contributed by atoms with Crippen molar-refractivity contribution in [2.24, 2.45) is 0 Å². The van der Waals surface area contributed by atoms with E-state index in [0.717, 1.165) is 5.69 Å². The molecule has 0 saturated carbocycles. The number of rotatable bonds is 6. The molecule has 0 heterocycles. The first-order chi connectivity index (χ1) is 11.5. The molecule has 2 rings (SSSR count). The monoisotopic (exact) mass is 327 g/mol. The second-order valence-corrected chi connectivity index (χ2v) is 5.38. The zero-order valence-electron chi connectivity index (χ0n) is 14.0. The van der Waals surface area contributed by atoms with Crippen LogP contribution in [0.5, 0.6) is 0 Å². The number of para-hydroxylation sites is 1. The largest absolute Gasteiger partial charge is 0.465 e. The van der Waals surface area contributed by atoms with E-state index >= 15 is 0 Å². The van der Waals surface area contributed by atoms with E-state index in [0.29, 0.717) is 16.9 Å². The highest BCUT2D eigenvalue weighted by molar-refractivity contribution is 5.98. The fraction of sp³-hybridized carbons (Fsp3) is 0.222. The molecule has 0 aliphatic carbocycles. The molecule has 0 saturated heterocycles. The minimum atomic E-state index is -0.446. The summed E-state index contributed by atoms with van der Waals surface area (Å²) in [6.07, 6.45) is 0. The molecule has 0 aromatic heterocycles. The molecule has 2 aromatic carbocycles. The van der Waals surface area contributed by atoms with Crippen LogP contribution in [0.15, 0.2) is 48.5 Å². The van der Waals surface area contributed by atoms with Crippen LogP contribution in [0.1, 0.15) is 10.4 Å². The highest BCUT2D eigenvalue weighted by Gasteiger charge is 2.11. The van der Waals surface area contributed by atoms with Crippen molar-refractivity contribution in [2.75, 3.05) is 43.3 Å². The maximum absolute atomic E-state index is 12.1. The van der Waals surface area contributed by atoms with Gasteiger partial charge >= 0.3 is 5.97 Å². The Balaban J connectivity index is 1.95. The Morgan fingerprint density at radius 2 is 1.71 bits per heavy atom. The molecule has 0 radical (unpaired) electrons. The molecule has 0 aliphatic rings. The quantitative estimate of drug-likeness (QED) is 0.798. The van der Waals surface area contributed by atoms with Crippen LogP contribution in [0.25, 0.3) is 0 Å². The first kappa shape index (κ1) is 17.3. The van der Waals surface area contributed by atoms with Crippen LogP contribution in [0.4, 0.5) is 17.1 Å². The number of hydrogen-bond donors (Lipinski definition) is 2. The van der Waals surface area contributed by atoms with Crippen LogP contribution in [-0.4, -0.2) is 39.6 Å². The molecule has 0 spiro atoms. The van der Waals surface area contributed by atoms with Gasteiger partial charge in [-0.25, -0.2) is 4.79 Å². The highest BCUT2D eigenvalue weighted by Crippen LogP contribution is 2.17. The van der Waals surface area contributed by atoms with E-state index in [-0.39, 0.29) is 12.5 Å². The van der Waals surface area contributed by atoms with Crippen molar-refractivity contribution in [2.45, 2.75) is 0 Å². The van der Waals surface area contributed by atoms with Gasteiger partial charge in [-0.15, -0.1) is 0 Å². The molecule has 126 valence electrons. The molecular weight excluding hydrogens is 306 g/mol. The Kier molecular flexibility index (Phi) is 5.78. The molecule has 24 heavy (non-hydrogen) atoms. The average Bonchev–Trinajstić information content (AvgIpc) is 2.60. The molecule has 1 amide bonds. The molecule has 0 bridgehead atoms. The molecular formula is C18H21N3O3. The van der Waals surface area contributed by atoms with Gasteiger partial charge in [-0.05, 0) is 36.4 Å². The fourth-order valence-electron chi connectivity index (χ4n) is 2.15. The van der Waals surface area contributed by atoms with Gasteiger partial charge < -0.3 is 20.3 Å². The second kappa shape index (κ2) is 8.01. The molecule has 2 aromatic rings. The Labute approximate surface area is 141 Å². The summed E-state index contributed by atoms with van der Waals surface area (Å²) in [5.41, 5.74) is 2.72. The lowest BCUT2D eigenvalue weighted by Gasteiger charge is -2.13. The zero-order valence-corrected chi connectivity index (χ0v) is 14.0. The number of nitrogens with one attached hydrogen (secondary N) is 2. The number of hydrogen-bond acceptors (Lipinski definition) is 5. The molecule has 0 fully saturated rings. The van der Waals surface area contributed by atoms with Gasteiger partial charge in [0.25, 0.3) is 0 Å². The van der Waals surface area contributed by atoms with Crippen LogP contribution in [-0.2, 0) is 9.53 Å². The third-order valence-electron chi connectivity index (χ3n) is 3.44. The summed E-state index contributed by atoms with van der Waals surface area (Å²) in [5.74, 6) is -0.648. The standard InChI is InChI=1S/C18H21N3O3/c1-21(2)14-10-8-13(9-11-14)20-17(22)12-19-16-7-5-4-6-15(16)18(23)24-3/h4-11,19H,12H2,1-3H3,(H,20,22). The second-order valence-electron chi connectivity index (χ2n) is 5.38. The lowest BCUT2D eigenvalue weighted by molar-refractivity contribution is -0.114. The summed E-state index contributed by atoms with van der Waals surface area (Å²) >= 11 is 0. The topological polar surface area (TPSA) is 70.7 Å². The Morgan fingerprint density at radius 3 is 2.33 bits per heavy atom. The van der Waals surface area contributed by atoms with Gasteiger partial charge in [0.15, 0.2) is 0 Å². The van der Waals surface area contributed by atoms with Crippen LogP contribution < -0.4 is 15.5 Å². The molecule has 0 atom stereocenters. The van der Waals surface area contributed by atoms with Gasteiger partial charge in [-0.2, -0.15) is 0 Å². The van der Waals surface area contributed by atoms with Crippen molar-refractivity contribution in [1.82, 2.24) is 0 Å². The number of carbonyl (C=O) groups excluding carboxylic acids is 2. The number of esters is 1. The number of carbonyl (C=O) groups is 2. The number of amides is 1. The van der Waals surface area contributed by atoms with Crippen LogP contribution in [0.3, 0.4) is 0 Å². The van der Waals surface area contributed by atoms with Gasteiger partial charge in [0, 0.05) is 31.2 Å². The predicted octanol–water partition coefficient (Wildman–Crippen LogP) is 2.59. The van der Waals surface area contributed by atoms with Gasteiger partial charge in [0.1, 0.15) is 0 Å². The highest BCUT2D eigenvalue weighted by atomic mass is 16.5.